The van der Waals surface area contributed by atoms with Gasteiger partial charge in [0.05, 0.1) is 6.04 Å². The van der Waals surface area contributed by atoms with Gasteiger partial charge in [-0.3, -0.25) is 25.0 Å². The summed E-state index contributed by atoms with van der Waals surface area (Å²) in [6.45, 7) is 5.77. The highest BCUT2D eigenvalue weighted by molar-refractivity contribution is 7.80. The molecule has 186 valence electrons. The number of hydrogen-bond donors (Lipinski definition) is 3. The average Bonchev–Trinajstić information content (AvgIpc) is 3.23. The number of nitrogens with zero attached hydrogens (tertiary/aromatic N) is 3. The number of likely N-dealkylation sites (tertiary alicyclic amines) is 1. The number of hydrazine groups is 1. The summed E-state index contributed by atoms with van der Waals surface area (Å²) in [5.41, 5.74) is 3.92. The summed E-state index contributed by atoms with van der Waals surface area (Å²) in [5, 5.41) is 0.534. The quantitative estimate of drug-likeness (QED) is 0.351. The van der Waals surface area contributed by atoms with Gasteiger partial charge < -0.3 is 14.5 Å². The van der Waals surface area contributed by atoms with Crippen LogP contribution < -0.4 is 10.9 Å². The molecule has 3 fully saturated rings. The lowest BCUT2D eigenvalue weighted by molar-refractivity contribution is -0.132. The highest BCUT2D eigenvalue weighted by atomic mass is 32.3. The van der Waals surface area contributed by atoms with Gasteiger partial charge in [0, 0.05) is 25.6 Å². The number of piperidine rings is 1. The van der Waals surface area contributed by atoms with Crippen molar-refractivity contribution in [3.05, 3.63) is 0 Å². The standard InChI is InChI=1S/C18H29N5O9S/c1-18(2,3)31-17(27)21-8-4-5-11(21)9-14(24)19-20-15(25)13-7-6-12-10-22(13)16(26)23(12)32-33(28,29)30/h11-13H,4-10H2,1-3H3,(H,19,24)(H,20,25)(H,28,29,30)/t11-,12+,13-/m0/s1. The van der Waals surface area contributed by atoms with E-state index in [1.807, 2.05) is 0 Å². The van der Waals surface area contributed by atoms with Gasteiger partial charge in [-0.1, -0.05) is 0 Å². The number of carbonyl (C=O) groups excluding carboxylic acids is 4. The Bertz CT molecular complexity index is 919. The van der Waals surface area contributed by atoms with Crippen molar-refractivity contribution >= 4 is 34.3 Å². The predicted octanol–water partition coefficient (Wildman–Crippen LogP) is -0.0736. The Morgan fingerprint density at radius 1 is 1.15 bits per heavy atom. The topological polar surface area (TPSA) is 175 Å². The number of amides is 5. The molecule has 3 atom stereocenters. The number of hydrogen-bond acceptors (Lipinski definition) is 8. The van der Waals surface area contributed by atoms with Gasteiger partial charge in [0.15, 0.2) is 0 Å². The molecule has 3 rings (SSSR count). The third-order valence-corrected chi connectivity index (χ3v) is 5.90. The van der Waals surface area contributed by atoms with E-state index in [9.17, 15) is 27.6 Å². The molecule has 33 heavy (non-hydrogen) atoms. The molecule has 0 aromatic rings. The van der Waals surface area contributed by atoms with E-state index in [2.05, 4.69) is 15.1 Å². The third kappa shape index (κ3) is 6.23. The Balaban J connectivity index is 1.50. The molecular formula is C18H29N5O9S. The molecule has 0 radical (unpaired) electrons. The molecule has 3 saturated heterocycles. The Hall–Kier alpha value is -2.65. The molecule has 0 aromatic carbocycles. The molecule has 2 bridgehead atoms. The van der Waals surface area contributed by atoms with Crippen molar-refractivity contribution in [2.24, 2.45) is 0 Å². The fourth-order valence-corrected chi connectivity index (χ4v) is 4.58. The first-order chi connectivity index (χ1) is 15.2. The van der Waals surface area contributed by atoms with Crippen molar-refractivity contribution < 1.29 is 41.2 Å². The van der Waals surface area contributed by atoms with Gasteiger partial charge >= 0.3 is 22.5 Å². The van der Waals surface area contributed by atoms with Crippen molar-refractivity contribution in [3.8, 4) is 0 Å². The highest BCUT2D eigenvalue weighted by Crippen LogP contribution is 2.30. The van der Waals surface area contributed by atoms with Crippen molar-refractivity contribution in [1.82, 2.24) is 25.7 Å². The number of nitrogens with one attached hydrogen (secondary N) is 2. The van der Waals surface area contributed by atoms with Crippen LogP contribution >= 0.6 is 0 Å². The minimum absolute atomic E-state index is 0.0350. The number of rotatable bonds is 5. The molecule has 3 aliphatic heterocycles. The van der Waals surface area contributed by atoms with E-state index < -0.39 is 52.0 Å². The van der Waals surface area contributed by atoms with Gasteiger partial charge in [-0.15, -0.1) is 4.28 Å². The second kappa shape index (κ2) is 9.30. The van der Waals surface area contributed by atoms with Crippen molar-refractivity contribution in [1.29, 1.82) is 0 Å². The number of carbonyl (C=O) groups is 4. The molecule has 3 N–H and O–H groups in total. The molecule has 3 heterocycles. The van der Waals surface area contributed by atoms with E-state index >= 15 is 0 Å². The summed E-state index contributed by atoms with van der Waals surface area (Å²) in [7, 11) is -4.89. The fourth-order valence-electron chi connectivity index (χ4n) is 4.19. The molecule has 5 amide bonds. The number of ether oxygens (including phenoxy) is 1. The molecular weight excluding hydrogens is 462 g/mol. The first kappa shape index (κ1) is 25.0. The van der Waals surface area contributed by atoms with Crippen LogP contribution in [0.3, 0.4) is 0 Å². The third-order valence-electron chi connectivity index (χ3n) is 5.55. The number of urea groups is 1. The molecule has 0 unspecified atom stereocenters. The maximum Gasteiger partial charge on any atom is 0.418 e. The van der Waals surface area contributed by atoms with Crippen LogP contribution in [0.15, 0.2) is 0 Å². The summed E-state index contributed by atoms with van der Waals surface area (Å²) in [4.78, 5) is 52.3. The van der Waals surface area contributed by atoms with E-state index in [1.54, 1.807) is 20.8 Å². The molecule has 0 aromatic heterocycles. The Labute approximate surface area is 191 Å². The van der Waals surface area contributed by atoms with Crippen LogP contribution in [-0.4, -0.2) is 88.6 Å². The number of fused-ring (bicyclic) bond motifs is 2. The summed E-state index contributed by atoms with van der Waals surface area (Å²) in [6.07, 6.45) is 1.28. The van der Waals surface area contributed by atoms with E-state index in [4.69, 9.17) is 9.29 Å². The van der Waals surface area contributed by atoms with Crippen LogP contribution in [0.25, 0.3) is 0 Å². The zero-order chi connectivity index (χ0) is 24.6. The second-order valence-electron chi connectivity index (χ2n) is 9.22. The fraction of sp³-hybridized carbons (Fsp3) is 0.778. The normalized spacial score (nSPS) is 25.3. The van der Waals surface area contributed by atoms with Crippen LogP contribution in [0.5, 0.6) is 0 Å². The maximum atomic E-state index is 12.6. The van der Waals surface area contributed by atoms with Crippen LogP contribution in [-0.2, 0) is 29.0 Å². The predicted molar refractivity (Wildman–Crippen MR) is 110 cm³/mol. The van der Waals surface area contributed by atoms with Crippen LogP contribution in [0.4, 0.5) is 9.59 Å². The van der Waals surface area contributed by atoms with Gasteiger partial charge in [0.1, 0.15) is 11.6 Å². The monoisotopic (exact) mass is 491 g/mol. The van der Waals surface area contributed by atoms with Gasteiger partial charge in [-0.25, -0.2) is 9.59 Å². The molecule has 3 aliphatic rings. The van der Waals surface area contributed by atoms with E-state index in [1.165, 1.54) is 4.90 Å². The van der Waals surface area contributed by atoms with Gasteiger partial charge in [-0.05, 0) is 46.5 Å². The molecule has 15 heteroatoms. The molecule has 0 aliphatic carbocycles. The first-order valence-corrected chi connectivity index (χ1v) is 12.0. The lowest BCUT2D eigenvalue weighted by Crippen LogP contribution is -2.54. The van der Waals surface area contributed by atoms with Crippen molar-refractivity contribution in [3.63, 3.8) is 0 Å². The van der Waals surface area contributed by atoms with Gasteiger partial charge in [0.2, 0.25) is 5.91 Å². The lowest BCUT2D eigenvalue weighted by Gasteiger charge is -2.29. The minimum atomic E-state index is -4.89. The smallest absolute Gasteiger partial charge is 0.418 e. The summed E-state index contributed by atoms with van der Waals surface area (Å²) >= 11 is 0. The molecule has 0 saturated carbocycles. The van der Waals surface area contributed by atoms with Crippen molar-refractivity contribution in [2.75, 3.05) is 13.1 Å². The average molecular weight is 492 g/mol. The largest absolute Gasteiger partial charge is 0.444 e. The van der Waals surface area contributed by atoms with Crippen LogP contribution in [0, 0.1) is 0 Å². The summed E-state index contributed by atoms with van der Waals surface area (Å²) in [5.74, 6) is -1.17. The number of hydroxylamine groups is 2. The van der Waals surface area contributed by atoms with Crippen molar-refractivity contribution in [2.45, 2.75) is 76.6 Å². The van der Waals surface area contributed by atoms with Gasteiger partial charge in [0.25, 0.3) is 5.91 Å². The zero-order valence-electron chi connectivity index (χ0n) is 18.6. The zero-order valence-corrected chi connectivity index (χ0v) is 19.5. The maximum absolute atomic E-state index is 12.6. The molecule has 14 nitrogen and oxygen atoms in total. The van der Waals surface area contributed by atoms with Crippen LogP contribution in [0.1, 0.15) is 52.9 Å². The minimum Gasteiger partial charge on any atom is -0.444 e. The Kier molecular flexibility index (Phi) is 7.04. The lowest BCUT2D eigenvalue weighted by atomic mass is 10.0. The summed E-state index contributed by atoms with van der Waals surface area (Å²) in [6, 6.07) is -2.81. The Morgan fingerprint density at radius 3 is 2.48 bits per heavy atom. The summed E-state index contributed by atoms with van der Waals surface area (Å²) < 4.78 is 40.4. The van der Waals surface area contributed by atoms with E-state index in [-0.39, 0.29) is 31.8 Å². The first-order valence-electron chi connectivity index (χ1n) is 10.6. The van der Waals surface area contributed by atoms with E-state index in [0.29, 0.717) is 18.0 Å². The highest BCUT2D eigenvalue weighted by Gasteiger charge is 2.49. The second-order valence-corrected chi connectivity index (χ2v) is 10.2. The van der Waals surface area contributed by atoms with Crippen LogP contribution in [0.2, 0.25) is 0 Å². The van der Waals surface area contributed by atoms with Gasteiger partial charge in [-0.2, -0.15) is 13.5 Å². The SMILES string of the molecule is CC(C)(C)OC(=O)N1CCC[C@H]1CC(=O)NNC(=O)[C@@H]1CC[C@@H]2CN1C(=O)N2OS(=O)(=O)O. The Morgan fingerprint density at radius 2 is 1.85 bits per heavy atom. The molecule has 0 spiro atoms. The van der Waals surface area contributed by atoms with E-state index in [0.717, 1.165) is 11.3 Å².